The highest BCUT2D eigenvalue weighted by molar-refractivity contribution is 7.95. The molecule has 126 valence electrons. The average Bonchev–Trinajstić information content (AvgIpc) is 2.59. The molecule has 0 fully saturated rings. The lowest BCUT2D eigenvalue weighted by Gasteiger charge is -2.30. The van der Waals surface area contributed by atoms with E-state index in [9.17, 15) is 13.5 Å². The van der Waals surface area contributed by atoms with Crippen molar-refractivity contribution in [2.75, 3.05) is 6.54 Å². The van der Waals surface area contributed by atoms with E-state index in [4.69, 9.17) is 11.6 Å². The number of rotatable bonds is 4. The molecule has 0 saturated heterocycles. The zero-order valence-corrected chi connectivity index (χ0v) is 14.6. The zero-order valence-electron chi connectivity index (χ0n) is 13.0. The Morgan fingerprint density at radius 2 is 1.71 bits per heavy atom. The SMILES string of the molecule is O=S(=O)(C1=C(O)N(Cc2ccccc2Cl)CCC1)c1ccccc1. The van der Waals surface area contributed by atoms with Crippen molar-refractivity contribution in [2.45, 2.75) is 24.3 Å². The standard InChI is InChI=1S/C18H18ClNO3S/c19-16-10-5-4-7-14(16)13-20-12-6-11-17(18(20)21)24(22,23)15-8-2-1-3-9-15/h1-5,7-10,21H,6,11-13H2. The fraction of sp³-hybridized carbons (Fsp3) is 0.222. The first kappa shape index (κ1) is 16.9. The number of aliphatic hydroxyl groups is 1. The number of allylic oxidation sites excluding steroid dienone is 1. The van der Waals surface area contributed by atoms with Crippen LogP contribution in [0.15, 0.2) is 70.3 Å². The molecular weight excluding hydrogens is 346 g/mol. The summed E-state index contributed by atoms with van der Waals surface area (Å²) in [7, 11) is -3.69. The summed E-state index contributed by atoms with van der Waals surface area (Å²) in [4.78, 5) is 1.94. The summed E-state index contributed by atoms with van der Waals surface area (Å²) in [5, 5.41) is 11.2. The Bertz CT molecular complexity index is 863. The number of aliphatic hydroxyl groups excluding tert-OH is 1. The smallest absolute Gasteiger partial charge is 0.207 e. The molecule has 1 N–H and O–H groups in total. The summed E-state index contributed by atoms with van der Waals surface area (Å²) < 4.78 is 25.6. The summed E-state index contributed by atoms with van der Waals surface area (Å²) in [5.74, 6) is -0.176. The minimum absolute atomic E-state index is 0.0759. The van der Waals surface area contributed by atoms with E-state index in [1.807, 2.05) is 18.2 Å². The monoisotopic (exact) mass is 363 g/mol. The van der Waals surface area contributed by atoms with E-state index in [2.05, 4.69) is 0 Å². The molecular formula is C18H18ClNO3S. The molecule has 0 saturated carbocycles. The van der Waals surface area contributed by atoms with Gasteiger partial charge >= 0.3 is 0 Å². The van der Waals surface area contributed by atoms with Crippen molar-refractivity contribution in [1.29, 1.82) is 0 Å². The molecule has 1 heterocycles. The molecule has 6 heteroatoms. The van der Waals surface area contributed by atoms with E-state index in [0.717, 1.165) is 5.56 Å². The molecule has 0 bridgehead atoms. The largest absolute Gasteiger partial charge is 0.494 e. The van der Waals surface area contributed by atoms with Crippen LogP contribution >= 0.6 is 11.6 Å². The summed E-state index contributed by atoms with van der Waals surface area (Å²) in [5.41, 5.74) is 0.851. The Labute approximate surface area is 146 Å². The number of hydrogen-bond acceptors (Lipinski definition) is 4. The lowest BCUT2D eigenvalue weighted by molar-refractivity contribution is 0.176. The van der Waals surface area contributed by atoms with Gasteiger partial charge in [-0.15, -0.1) is 0 Å². The highest BCUT2D eigenvalue weighted by Gasteiger charge is 2.30. The van der Waals surface area contributed by atoms with Crippen molar-refractivity contribution in [1.82, 2.24) is 4.90 Å². The quantitative estimate of drug-likeness (QED) is 0.887. The van der Waals surface area contributed by atoms with Gasteiger partial charge in [0, 0.05) is 18.1 Å². The highest BCUT2D eigenvalue weighted by Crippen LogP contribution is 2.31. The maximum absolute atomic E-state index is 12.8. The van der Waals surface area contributed by atoms with Crippen LogP contribution in [-0.4, -0.2) is 25.0 Å². The Hall–Kier alpha value is -1.98. The molecule has 24 heavy (non-hydrogen) atoms. The summed E-state index contributed by atoms with van der Waals surface area (Å²) in [6.45, 7) is 0.962. The van der Waals surface area contributed by atoms with Gasteiger partial charge in [0.2, 0.25) is 15.7 Å². The molecule has 3 rings (SSSR count). The predicted octanol–water partition coefficient (Wildman–Crippen LogP) is 4.14. The van der Waals surface area contributed by atoms with Gasteiger partial charge in [-0.2, -0.15) is 0 Å². The van der Waals surface area contributed by atoms with Crippen LogP contribution < -0.4 is 0 Å². The molecule has 0 atom stereocenters. The molecule has 0 radical (unpaired) electrons. The van der Waals surface area contributed by atoms with Crippen molar-refractivity contribution >= 4 is 21.4 Å². The van der Waals surface area contributed by atoms with Crippen LogP contribution in [0.1, 0.15) is 18.4 Å². The number of hydrogen-bond donors (Lipinski definition) is 1. The van der Waals surface area contributed by atoms with Gasteiger partial charge < -0.3 is 10.0 Å². The van der Waals surface area contributed by atoms with Crippen molar-refractivity contribution in [2.24, 2.45) is 0 Å². The van der Waals surface area contributed by atoms with Crippen LogP contribution in [-0.2, 0) is 16.4 Å². The van der Waals surface area contributed by atoms with E-state index in [-0.39, 0.29) is 15.7 Å². The highest BCUT2D eigenvalue weighted by atomic mass is 35.5. The third-order valence-electron chi connectivity index (χ3n) is 4.08. The van der Waals surface area contributed by atoms with Crippen LogP contribution in [0.4, 0.5) is 0 Å². The second-order valence-electron chi connectivity index (χ2n) is 5.68. The van der Waals surface area contributed by atoms with Crippen molar-refractivity contribution in [3.63, 3.8) is 0 Å². The lowest BCUT2D eigenvalue weighted by atomic mass is 10.1. The summed E-state index contributed by atoms with van der Waals surface area (Å²) in [6.07, 6.45) is 0.998. The van der Waals surface area contributed by atoms with Crippen LogP contribution in [0.5, 0.6) is 0 Å². The van der Waals surface area contributed by atoms with E-state index in [1.165, 1.54) is 0 Å². The van der Waals surface area contributed by atoms with Gasteiger partial charge in [-0.05, 0) is 36.6 Å². The predicted molar refractivity (Wildman–Crippen MR) is 94.4 cm³/mol. The minimum atomic E-state index is -3.69. The normalized spacial score (nSPS) is 15.6. The fourth-order valence-electron chi connectivity index (χ4n) is 2.81. The van der Waals surface area contributed by atoms with Gasteiger partial charge in [-0.25, -0.2) is 8.42 Å². The first-order valence-corrected chi connectivity index (χ1v) is 9.57. The maximum atomic E-state index is 12.8. The van der Waals surface area contributed by atoms with Gasteiger partial charge in [0.05, 0.1) is 4.90 Å². The van der Waals surface area contributed by atoms with Crippen LogP contribution in [0.2, 0.25) is 5.02 Å². The minimum Gasteiger partial charge on any atom is -0.494 e. The van der Waals surface area contributed by atoms with Gasteiger partial charge in [0.1, 0.15) is 4.91 Å². The topological polar surface area (TPSA) is 57.6 Å². The van der Waals surface area contributed by atoms with Gasteiger partial charge in [-0.3, -0.25) is 0 Å². The maximum Gasteiger partial charge on any atom is 0.207 e. The van der Waals surface area contributed by atoms with Crippen LogP contribution in [0, 0.1) is 0 Å². The van der Waals surface area contributed by atoms with Crippen LogP contribution in [0.3, 0.4) is 0 Å². The van der Waals surface area contributed by atoms with Crippen LogP contribution in [0.25, 0.3) is 0 Å². The number of halogens is 1. The van der Waals surface area contributed by atoms with Gasteiger partial charge in [-0.1, -0.05) is 48.0 Å². The fourth-order valence-corrected chi connectivity index (χ4v) is 4.59. The van der Waals surface area contributed by atoms with E-state index >= 15 is 0 Å². The Morgan fingerprint density at radius 1 is 1.04 bits per heavy atom. The van der Waals surface area contributed by atoms with E-state index < -0.39 is 9.84 Å². The van der Waals surface area contributed by atoms with Gasteiger partial charge in [0.15, 0.2) is 0 Å². The molecule has 0 spiro atoms. The molecule has 2 aromatic rings. The van der Waals surface area contributed by atoms with E-state index in [1.54, 1.807) is 41.3 Å². The molecule has 4 nitrogen and oxygen atoms in total. The Kier molecular flexibility index (Phi) is 4.83. The van der Waals surface area contributed by atoms with E-state index in [0.29, 0.717) is 31.0 Å². The molecule has 0 aromatic heterocycles. The summed E-state index contributed by atoms with van der Waals surface area (Å²) >= 11 is 6.17. The molecule has 0 amide bonds. The zero-order chi connectivity index (χ0) is 17.2. The molecule has 0 unspecified atom stereocenters. The number of sulfone groups is 1. The number of nitrogens with zero attached hydrogens (tertiary/aromatic N) is 1. The first-order chi connectivity index (χ1) is 11.5. The summed E-state index contributed by atoms with van der Waals surface area (Å²) in [6, 6.07) is 15.6. The second kappa shape index (κ2) is 6.87. The average molecular weight is 364 g/mol. The third kappa shape index (κ3) is 3.28. The lowest BCUT2D eigenvalue weighted by Crippen LogP contribution is -2.30. The number of benzene rings is 2. The Morgan fingerprint density at radius 3 is 2.42 bits per heavy atom. The molecule has 2 aromatic carbocycles. The first-order valence-electron chi connectivity index (χ1n) is 7.71. The molecule has 1 aliphatic heterocycles. The van der Waals surface area contributed by atoms with Crippen molar-refractivity contribution < 1.29 is 13.5 Å². The second-order valence-corrected chi connectivity index (χ2v) is 8.06. The third-order valence-corrected chi connectivity index (χ3v) is 6.37. The Balaban J connectivity index is 1.95. The van der Waals surface area contributed by atoms with Gasteiger partial charge in [0.25, 0.3) is 0 Å². The van der Waals surface area contributed by atoms with Crippen molar-refractivity contribution in [3.8, 4) is 0 Å². The van der Waals surface area contributed by atoms with Crippen molar-refractivity contribution in [3.05, 3.63) is 76.0 Å². The molecule has 1 aliphatic rings. The molecule has 0 aliphatic carbocycles.